The minimum Gasteiger partial charge on any atom is -0.477 e. The second-order valence-electron chi connectivity index (χ2n) is 3.28. The zero-order chi connectivity index (χ0) is 12.6. The molecule has 0 radical (unpaired) electrons. The summed E-state index contributed by atoms with van der Waals surface area (Å²) in [6.45, 7) is 4.03. The largest absolute Gasteiger partial charge is 0.477 e. The Labute approximate surface area is 95.1 Å². The first-order valence-corrected chi connectivity index (χ1v) is 6.93. The Balaban J connectivity index is 4.39. The fourth-order valence-electron chi connectivity index (χ4n) is 1.28. The SMILES string of the molecule is CCOC[PH](=O)CC(CC)C(=NO)C(=O)O. The van der Waals surface area contributed by atoms with Crippen molar-refractivity contribution in [2.45, 2.75) is 20.3 Å². The van der Waals surface area contributed by atoms with Gasteiger partial charge < -0.3 is 19.6 Å². The van der Waals surface area contributed by atoms with Gasteiger partial charge in [-0.25, -0.2) is 4.79 Å². The van der Waals surface area contributed by atoms with Gasteiger partial charge in [-0.3, -0.25) is 0 Å². The number of oxime groups is 1. The van der Waals surface area contributed by atoms with E-state index in [2.05, 4.69) is 5.16 Å². The maximum absolute atomic E-state index is 11.5. The molecule has 2 unspecified atom stereocenters. The minimum atomic E-state index is -1.98. The van der Waals surface area contributed by atoms with Crippen LogP contribution in [0.2, 0.25) is 0 Å². The normalized spacial score (nSPS) is 15.8. The lowest BCUT2D eigenvalue weighted by molar-refractivity contribution is -0.129. The van der Waals surface area contributed by atoms with Crippen LogP contribution in [-0.2, 0) is 14.1 Å². The van der Waals surface area contributed by atoms with E-state index >= 15 is 0 Å². The smallest absolute Gasteiger partial charge is 0.353 e. The van der Waals surface area contributed by atoms with Gasteiger partial charge >= 0.3 is 5.97 Å². The Morgan fingerprint density at radius 2 is 2.12 bits per heavy atom. The number of ether oxygens (including phenoxy) is 1. The van der Waals surface area contributed by atoms with E-state index < -0.39 is 19.7 Å². The van der Waals surface area contributed by atoms with Crippen molar-refractivity contribution < 1.29 is 24.4 Å². The molecule has 0 fully saturated rings. The molecule has 0 aromatic rings. The zero-order valence-corrected chi connectivity index (χ0v) is 10.5. The predicted molar refractivity (Wildman–Crippen MR) is 61.0 cm³/mol. The molecule has 7 heteroatoms. The molecular weight excluding hydrogens is 233 g/mol. The molecule has 16 heavy (non-hydrogen) atoms. The molecule has 0 rings (SSSR count). The van der Waals surface area contributed by atoms with Crippen LogP contribution in [-0.4, -0.2) is 41.1 Å². The lowest BCUT2D eigenvalue weighted by atomic mass is 10.0. The van der Waals surface area contributed by atoms with Gasteiger partial charge in [0.2, 0.25) is 0 Å². The van der Waals surface area contributed by atoms with E-state index in [0.717, 1.165) is 0 Å². The summed E-state index contributed by atoms with van der Waals surface area (Å²) in [4.78, 5) is 10.7. The molecule has 0 aliphatic heterocycles. The van der Waals surface area contributed by atoms with E-state index in [-0.39, 0.29) is 18.2 Å². The van der Waals surface area contributed by atoms with Crippen LogP contribution >= 0.6 is 7.80 Å². The monoisotopic (exact) mass is 251 g/mol. The fraction of sp³-hybridized carbons (Fsp3) is 0.778. The molecule has 2 atom stereocenters. The standard InChI is InChI=1S/C9H18NO5P/c1-3-7(8(10-13)9(11)12)5-16(14)6-15-4-2/h7,13,16H,3-6H2,1-2H3,(H,11,12). The maximum atomic E-state index is 11.5. The van der Waals surface area contributed by atoms with Crippen LogP contribution in [0.5, 0.6) is 0 Å². The first kappa shape index (κ1) is 15.1. The quantitative estimate of drug-likeness (QED) is 0.295. The molecule has 0 saturated heterocycles. The lowest BCUT2D eigenvalue weighted by Gasteiger charge is -2.12. The van der Waals surface area contributed by atoms with Crippen LogP contribution in [0.1, 0.15) is 20.3 Å². The van der Waals surface area contributed by atoms with Crippen LogP contribution in [0.15, 0.2) is 5.16 Å². The summed E-state index contributed by atoms with van der Waals surface area (Å²) in [7, 11) is -1.98. The van der Waals surface area contributed by atoms with Gasteiger partial charge in [0, 0.05) is 18.7 Å². The highest BCUT2D eigenvalue weighted by molar-refractivity contribution is 7.44. The lowest BCUT2D eigenvalue weighted by Crippen LogP contribution is -2.25. The Morgan fingerprint density at radius 1 is 1.50 bits per heavy atom. The Bertz CT molecular complexity index is 279. The van der Waals surface area contributed by atoms with Crippen molar-refractivity contribution in [1.82, 2.24) is 0 Å². The topological polar surface area (TPSA) is 96.2 Å². The first-order valence-electron chi connectivity index (χ1n) is 5.11. The highest BCUT2D eigenvalue weighted by Crippen LogP contribution is 2.26. The number of hydrogen-bond donors (Lipinski definition) is 2. The Kier molecular flexibility index (Phi) is 7.85. The second kappa shape index (κ2) is 8.30. The van der Waals surface area contributed by atoms with Gasteiger partial charge in [0.05, 0.1) is 6.35 Å². The summed E-state index contributed by atoms with van der Waals surface area (Å²) in [6, 6.07) is 0. The van der Waals surface area contributed by atoms with Gasteiger partial charge in [-0.2, -0.15) is 0 Å². The number of hydrogen-bond acceptors (Lipinski definition) is 5. The summed E-state index contributed by atoms with van der Waals surface area (Å²) in [5.74, 6) is -1.77. The third-order valence-electron chi connectivity index (χ3n) is 2.15. The molecule has 0 bridgehead atoms. The average Bonchev–Trinajstić information content (AvgIpc) is 2.25. The number of carboxylic acid groups (broad SMARTS) is 1. The number of carbonyl (C=O) groups is 1. The molecule has 0 heterocycles. The second-order valence-corrected chi connectivity index (χ2v) is 5.05. The van der Waals surface area contributed by atoms with Crippen molar-refractivity contribution in [2.24, 2.45) is 11.1 Å². The average molecular weight is 251 g/mol. The van der Waals surface area contributed by atoms with Crippen molar-refractivity contribution in [1.29, 1.82) is 0 Å². The molecule has 0 spiro atoms. The molecule has 0 aromatic carbocycles. The van der Waals surface area contributed by atoms with Gasteiger partial charge in [0.1, 0.15) is 7.80 Å². The summed E-state index contributed by atoms with van der Waals surface area (Å²) in [5, 5.41) is 20.1. The van der Waals surface area contributed by atoms with E-state index in [1.165, 1.54) is 0 Å². The van der Waals surface area contributed by atoms with Crippen molar-refractivity contribution >= 4 is 19.5 Å². The fourth-order valence-corrected chi connectivity index (χ4v) is 2.86. The van der Waals surface area contributed by atoms with Crippen LogP contribution < -0.4 is 0 Å². The summed E-state index contributed by atoms with van der Waals surface area (Å²) in [5.41, 5.74) is -0.336. The highest BCUT2D eigenvalue weighted by Gasteiger charge is 2.23. The van der Waals surface area contributed by atoms with Crippen LogP contribution in [0.3, 0.4) is 0 Å². The molecule has 0 aromatic heterocycles. The number of aliphatic carboxylic acids is 1. The Hall–Kier alpha value is -0.870. The molecule has 0 aliphatic rings. The van der Waals surface area contributed by atoms with E-state index in [1.54, 1.807) is 13.8 Å². The summed E-state index contributed by atoms with van der Waals surface area (Å²) in [6.07, 6.45) is 0.817. The maximum Gasteiger partial charge on any atom is 0.353 e. The van der Waals surface area contributed by atoms with Gasteiger partial charge in [0.25, 0.3) is 0 Å². The van der Waals surface area contributed by atoms with Crippen LogP contribution in [0.25, 0.3) is 0 Å². The Morgan fingerprint density at radius 3 is 2.50 bits per heavy atom. The van der Waals surface area contributed by atoms with Crippen molar-refractivity contribution in [3.05, 3.63) is 0 Å². The summed E-state index contributed by atoms with van der Waals surface area (Å²) < 4.78 is 16.5. The van der Waals surface area contributed by atoms with E-state index in [1.807, 2.05) is 0 Å². The molecule has 0 saturated carbocycles. The molecule has 0 amide bonds. The highest BCUT2D eigenvalue weighted by atomic mass is 31.1. The third-order valence-corrected chi connectivity index (χ3v) is 3.62. The number of nitrogens with zero attached hydrogens (tertiary/aromatic N) is 1. The molecule has 0 aliphatic carbocycles. The van der Waals surface area contributed by atoms with Crippen molar-refractivity contribution in [3.63, 3.8) is 0 Å². The van der Waals surface area contributed by atoms with Gasteiger partial charge in [-0.1, -0.05) is 12.1 Å². The van der Waals surface area contributed by atoms with E-state index in [0.29, 0.717) is 13.0 Å². The van der Waals surface area contributed by atoms with E-state index in [9.17, 15) is 9.36 Å². The zero-order valence-electron chi connectivity index (χ0n) is 9.47. The van der Waals surface area contributed by atoms with Crippen LogP contribution in [0, 0.1) is 5.92 Å². The van der Waals surface area contributed by atoms with Gasteiger partial charge in [-0.15, -0.1) is 0 Å². The molecule has 6 nitrogen and oxygen atoms in total. The van der Waals surface area contributed by atoms with Crippen molar-refractivity contribution in [3.8, 4) is 0 Å². The van der Waals surface area contributed by atoms with Gasteiger partial charge in [-0.05, 0) is 13.3 Å². The number of rotatable bonds is 8. The molecular formula is C9H18NO5P. The van der Waals surface area contributed by atoms with E-state index in [4.69, 9.17) is 15.1 Å². The predicted octanol–water partition coefficient (Wildman–Crippen LogP) is 1.48. The minimum absolute atomic E-state index is 0.149. The van der Waals surface area contributed by atoms with Crippen molar-refractivity contribution in [2.75, 3.05) is 19.1 Å². The first-order chi connectivity index (χ1) is 7.56. The van der Waals surface area contributed by atoms with Gasteiger partial charge in [0.15, 0.2) is 5.71 Å². The summed E-state index contributed by atoms with van der Waals surface area (Å²) >= 11 is 0. The molecule has 2 N–H and O–H groups in total. The number of carboxylic acids is 1. The molecule has 94 valence electrons. The van der Waals surface area contributed by atoms with Crippen LogP contribution in [0.4, 0.5) is 0 Å². The third kappa shape index (κ3) is 5.28.